The fraction of sp³-hybridized carbons (Fsp3) is 0.450. The molecule has 7 nitrogen and oxygen atoms in total. The average molecular weight is 365 g/mol. The third-order valence-electron chi connectivity index (χ3n) is 5.25. The van der Waals surface area contributed by atoms with E-state index in [9.17, 15) is 0 Å². The molecule has 1 aliphatic heterocycles. The van der Waals surface area contributed by atoms with Crippen LogP contribution >= 0.6 is 0 Å². The van der Waals surface area contributed by atoms with E-state index in [1.165, 1.54) is 17.7 Å². The lowest BCUT2D eigenvalue weighted by Crippen LogP contribution is -2.39. The molecule has 0 saturated carbocycles. The Labute approximate surface area is 159 Å². The van der Waals surface area contributed by atoms with Gasteiger partial charge in [0, 0.05) is 45.3 Å². The van der Waals surface area contributed by atoms with E-state index in [4.69, 9.17) is 4.98 Å². The van der Waals surface area contributed by atoms with E-state index in [1.54, 1.807) is 0 Å². The molecule has 7 heteroatoms. The Hall–Kier alpha value is -2.83. The second-order valence-electron chi connectivity index (χ2n) is 7.36. The summed E-state index contributed by atoms with van der Waals surface area (Å²) < 4.78 is 4.00. The van der Waals surface area contributed by atoms with Crippen LogP contribution in [0.15, 0.2) is 41.8 Å². The van der Waals surface area contributed by atoms with Gasteiger partial charge in [0.05, 0.1) is 18.4 Å². The first-order valence-electron chi connectivity index (χ1n) is 9.49. The molecule has 3 aromatic heterocycles. The van der Waals surface area contributed by atoms with Crippen LogP contribution in [0.2, 0.25) is 0 Å². The fourth-order valence-electron chi connectivity index (χ4n) is 3.89. The largest absolute Gasteiger partial charge is 0.351 e. The third kappa shape index (κ3) is 3.82. The van der Waals surface area contributed by atoms with Gasteiger partial charge in [0.2, 0.25) is 0 Å². The zero-order chi connectivity index (χ0) is 18.8. The summed E-state index contributed by atoms with van der Waals surface area (Å²) in [6, 6.07) is 6.17. The Kier molecular flexibility index (Phi) is 4.83. The highest BCUT2D eigenvalue weighted by atomic mass is 15.3. The van der Waals surface area contributed by atoms with Crippen molar-refractivity contribution in [2.45, 2.75) is 26.3 Å². The van der Waals surface area contributed by atoms with Crippen molar-refractivity contribution in [2.24, 2.45) is 18.0 Å². The van der Waals surface area contributed by atoms with E-state index in [0.29, 0.717) is 12.5 Å². The number of hydrogen-bond acceptors (Lipinski definition) is 3. The number of hydrogen-bond donors (Lipinski definition) is 1. The highest BCUT2D eigenvalue weighted by Gasteiger charge is 2.25. The van der Waals surface area contributed by atoms with Gasteiger partial charge in [0.1, 0.15) is 5.65 Å². The Morgan fingerprint density at radius 1 is 1.33 bits per heavy atom. The number of nitrogens with one attached hydrogen (secondary N) is 1. The SMILES string of the molecule is CN=C(NCc1cn2c(C)cccc2n1)N1CCC(Cc2cnn(C)c2)C1. The average Bonchev–Trinajstić information content (AvgIpc) is 3.37. The minimum atomic E-state index is 0.644. The van der Waals surface area contributed by atoms with Crippen molar-refractivity contribution in [2.75, 3.05) is 20.1 Å². The summed E-state index contributed by atoms with van der Waals surface area (Å²) in [6.07, 6.45) is 8.44. The topological polar surface area (TPSA) is 62.8 Å². The lowest BCUT2D eigenvalue weighted by molar-refractivity contribution is 0.459. The molecular formula is C20H27N7. The molecule has 4 heterocycles. The van der Waals surface area contributed by atoms with Crippen LogP contribution in [0.3, 0.4) is 0 Å². The second kappa shape index (κ2) is 7.42. The molecule has 0 amide bonds. The van der Waals surface area contributed by atoms with Crippen molar-refractivity contribution in [3.63, 3.8) is 0 Å². The van der Waals surface area contributed by atoms with E-state index >= 15 is 0 Å². The van der Waals surface area contributed by atoms with Gasteiger partial charge in [-0.1, -0.05) is 6.07 Å². The highest BCUT2D eigenvalue weighted by molar-refractivity contribution is 5.80. The number of guanidine groups is 1. The molecule has 27 heavy (non-hydrogen) atoms. The predicted octanol–water partition coefficient (Wildman–Crippen LogP) is 2.02. The van der Waals surface area contributed by atoms with Gasteiger partial charge in [-0.3, -0.25) is 9.67 Å². The lowest BCUT2D eigenvalue weighted by atomic mass is 10.0. The molecule has 0 bridgehead atoms. The maximum atomic E-state index is 4.70. The van der Waals surface area contributed by atoms with E-state index in [0.717, 1.165) is 36.8 Å². The van der Waals surface area contributed by atoms with Crippen LogP contribution in [-0.2, 0) is 20.0 Å². The Balaban J connectivity index is 1.35. The quantitative estimate of drug-likeness (QED) is 0.568. The number of aliphatic imine (C=N–C) groups is 1. The molecule has 4 rings (SSSR count). The molecule has 0 aromatic carbocycles. The summed E-state index contributed by atoms with van der Waals surface area (Å²) in [6.45, 7) is 4.84. The Bertz CT molecular complexity index is 952. The summed E-state index contributed by atoms with van der Waals surface area (Å²) in [5.74, 6) is 1.60. The van der Waals surface area contributed by atoms with Crippen LogP contribution in [0.4, 0.5) is 0 Å². The van der Waals surface area contributed by atoms with Gasteiger partial charge in [0.25, 0.3) is 0 Å². The molecule has 0 spiro atoms. The van der Waals surface area contributed by atoms with E-state index in [2.05, 4.69) is 50.1 Å². The van der Waals surface area contributed by atoms with E-state index in [-0.39, 0.29) is 0 Å². The van der Waals surface area contributed by atoms with Crippen molar-refractivity contribution < 1.29 is 0 Å². The Morgan fingerprint density at radius 3 is 2.96 bits per heavy atom. The first kappa shape index (κ1) is 17.6. The minimum Gasteiger partial charge on any atom is -0.351 e. The van der Waals surface area contributed by atoms with Gasteiger partial charge >= 0.3 is 0 Å². The smallest absolute Gasteiger partial charge is 0.193 e. The van der Waals surface area contributed by atoms with Crippen molar-refractivity contribution in [1.29, 1.82) is 0 Å². The molecule has 0 radical (unpaired) electrons. The summed E-state index contributed by atoms with van der Waals surface area (Å²) in [5, 5.41) is 7.75. The predicted molar refractivity (Wildman–Crippen MR) is 107 cm³/mol. The van der Waals surface area contributed by atoms with Crippen molar-refractivity contribution in [1.82, 2.24) is 29.4 Å². The first-order valence-corrected chi connectivity index (χ1v) is 9.49. The summed E-state index contributed by atoms with van der Waals surface area (Å²) >= 11 is 0. The number of nitrogens with zero attached hydrogens (tertiary/aromatic N) is 6. The number of aryl methyl sites for hydroxylation is 2. The summed E-state index contributed by atoms with van der Waals surface area (Å²) in [5.41, 5.74) is 4.51. The molecule has 3 aromatic rings. The van der Waals surface area contributed by atoms with Crippen molar-refractivity contribution in [3.8, 4) is 0 Å². The van der Waals surface area contributed by atoms with Crippen LogP contribution in [0.25, 0.3) is 5.65 Å². The van der Waals surface area contributed by atoms with Crippen LogP contribution in [-0.4, -0.2) is 50.2 Å². The summed E-state index contributed by atoms with van der Waals surface area (Å²) in [4.78, 5) is 11.5. The molecule has 1 saturated heterocycles. The number of aromatic nitrogens is 4. The zero-order valence-electron chi connectivity index (χ0n) is 16.3. The molecule has 142 valence electrons. The van der Waals surface area contributed by atoms with Crippen molar-refractivity contribution >= 4 is 11.6 Å². The molecule has 0 aliphatic carbocycles. The molecular weight excluding hydrogens is 338 g/mol. The minimum absolute atomic E-state index is 0.644. The second-order valence-corrected chi connectivity index (χ2v) is 7.36. The molecule has 1 fully saturated rings. The first-order chi connectivity index (χ1) is 13.1. The van der Waals surface area contributed by atoms with Crippen LogP contribution in [0.1, 0.15) is 23.4 Å². The highest BCUT2D eigenvalue weighted by Crippen LogP contribution is 2.20. The number of fused-ring (bicyclic) bond motifs is 1. The number of rotatable bonds is 4. The van der Waals surface area contributed by atoms with Gasteiger partial charge in [-0.25, -0.2) is 4.98 Å². The molecule has 1 unspecified atom stereocenters. The normalized spacial score (nSPS) is 17.8. The van der Waals surface area contributed by atoms with Gasteiger partial charge in [-0.15, -0.1) is 0 Å². The van der Waals surface area contributed by atoms with Gasteiger partial charge < -0.3 is 14.6 Å². The number of pyridine rings is 1. The third-order valence-corrected chi connectivity index (χ3v) is 5.25. The molecule has 1 atom stereocenters. The monoisotopic (exact) mass is 365 g/mol. The van der Waals surface area contributed by atoms with Crippen LogP contribution in [0, 0.1) is 12.8 Å². The Morgan fingerprint density at radius 2 is 2.22 bits per heavy atom. The standard InChI is InChI=1S/C20H27N7/c1-15-5-4-6-19-24-18(14-27(15)19)11-22-20(21-2)26-8-7-16(13-26)9-17-10-23-25(3)12-17/h4-6,10,12,14,16H,7-9,11,13H2,1-3H3,(H,21,22). The van der Waals surface area contributed by atoms with Gasteiger partial charge in [-0.2, -0.15) is 5.10 Å². The van der Waals surface area contributed by atoms with E-state index < -0.39 is 0 Å². The summed E-state index contributed by atoms with van der Waals surface area (Å²) in [7, 11) is 3.82. The molecule has 1 N–H and O–H groups in total. The fourth-order valence-corrected chi connectivity index (χ4v) is 3.89. The maximum absolute atomic E-state index is 4.70. The maximum Gasteiger partial charge on any atom is 0.193 e. The van der Waals surface area contributed by atoms with Gasteiger partial charge in [0.15, 0.2) is 5.96 Å². The van der Waals surface area contributed by atoms with E-state index in [1.807, 2.05) is 37.1 Å². The van der Waals surface area contributed by atoms with Crippen LogP contribution < -0.4 is 5.32 Å². The van der Waals surface area contributed by atoms with Gasteiger partial charge in [-0.05, 0) is 43.4 Å². The van der Waals surface area contributed by atoms with Crippen LogP contribution in [0.5, 0.6) is 0 Å². The number of imidazole rings is 1. The number of likely N-dealkylation sites (tertiary alicyclic amines) is 1. The molecule has 1 aliphatic rings. The lowest BCUT2D eigenvalue weighted by Gasteiger charge is -2.21. The zero-order valence-corrected chi connectivity index (χ0v) is 16.3. The van der Waals surface area contributed by atoms with Crippen molar-refractivity contribution in [3.05, 3.63) is 53.7 Å².